The highest BCUT2D eigenvalue weighted by molar-refractivity contribution is 6.15. The first kappa shape index (κ1) is 20.2. The Bertz CT molecular complexity index is 996. The zero-order chi connectivity index (χ0) is 21.2. The summed E-state index contributed by atoms with van der Waals surface area (Å²) in [7, 11) is 0. The van der Waals surface area contributed by atoms with Crippen molar-refractivity contribution in [1.82, 2.24) is 9.80 Å². The molecular weight excluding hydrogens is 392 g/mol. The third-order valence-corrected chi connectivity index (χ3v) is 6.14. The minimum absolute atomic E-state index is 0.0522. The van der Waals surface area contributed by atoms with Crippen LogP contribution in [-0.4, -0.2) is 61.7 Å². The summed E-state index contributed by atoms with van der Waals surface area (Å²) < 4.78 is 17.6. The van der Waals surface area contributed by atoms with Crippen LogP contribution in [0, 0.1) is 6.92 Å². The van der Waals surface area contributed by atoms with E-state index in [0.29, 0.717) is 23.8 Å². The van der Waals surface area contributed by atoms with Gasteiger partial charge in [-0.2, -0.15) is 0 Å². The van der Waals surface area contributed by atoms with Gasteiger partial charge in [0.05, 0.1) is 24.3 Å². The molecule has 0 aromatic heterocycles. The standard InChI is InChI=1S/C25H28N2O4/c1-18-14-21-20(16-27(17-30-21)9-5-8-26-10-12-29-13-11-26)25-23(18)24(28)22(31-25)15-19-6-3-2-4-7-19/h2-4,6-7,14-15H,5,8-13,16-17H2,1H3/b22-15-. The molecule has 3 aliphatic heterocycles. The highest BCUT2D eigenvalue weighted by Gasteiger charge is 2.35. The van der Waals surface area contributed by atoms with Gasteiger partial charge < -0.3 is 14.2 Å². The van der Waals surface area contributed by atoms with Gasteiger partial charge in [0, 0.05) is 26.2 Å². The number of fused-ring (bicyclic) bond motifs is 3. The molecule has 1 fully saturated rings. The van der Waals surface area contributed by atoms with Gasteiger partial charge in [-0.05, 0) is 43.2 Å². The predicted octanol–water partition coefficient (Wildman–Crippen LogP) is 3.49. The van der Waals surface area contributed by atoms with E-state index >= 15 is 0 Å². The lowest BCUT2D eigenvalue weighted by molar-refractivity contribution is 0.0329. The van der Waals surface area contributed by atoms with Crippen molar-refractivity contribution in [3.63, 3.8) is 0 Å². The Kier molecular flexibility index (Phi) is 5.76. The van der Waals surface area contributed by atoms with Crippen LogP contribution in [0.5, 0.6) is 11.5 Å². The molecule has 3 heterocycles. The average molecular weight is 421 g/mol. The van der Waals surface area contributed by atoms with Gasteiger partial charge in [-0.3, -0.25) is 14.6 Å². The van der Waals surface area contributed by atoms with Crippen molar-refractivity contribution < 1.29 is 19.0 Å². The van der Waals surface area contributed by atoms with Crippen LogP contribution < -0.4 is 9.47 Å². The van der Waals surface area contributed by atoms with Crippen LogP contribution >= 0.6 is 0 Å². The normalized spacial score (nSPS) is 20.3. The zero-order valence-electron chi connectivity index (χ0n) is 17.9. The Balaban J connectivity index is 1.32. The first-order valence-electron chi connectivity index (χ1n) is 11.0. The molecule has 0 radical (unpaired) electrons. The lowest BCUT2D eigenvalue weighted by Gasteiger charge is -2.31. The summed E-state index contributed by atoms with van der Waals surface area (Å²) in [6.45, 7) is 8.94. The molecule has 2 aromatic rings. The Hall–Kier alpha value is -2.67. The molecule has 6 heteroatoms. The van der Waals surface area contributed by atoms with Gasteiger partial charge in [-0.15, -0.1) is 0 Å². The second-order valence-corrected chi connectivity index (χ2v) is 8.36. The number of hydrogen-bond donors (Lipinski definition) is 0. The van der Waals surface area contributed by atoms with E-state index in [1.165, 1.54) is 0 Å². The van der Waals surface area contributed by atoms with Crippen LogP contribution in [0.3, 0.4) is 0 Å². The second kappa shape index (κ2) is 8.83. The average Bonchev–Trinajstić information content (AvgIpc) is 3.12. The molecule has 0 unspecified atom stereocenters. The Morgan fingerprint density at radius 3 is 2.65 bits per heavy atom. The third kappa shape index (κ3) is 4.24. The van der Waals surface area contributed by atoms with Gasteiger partial charge in [-0.25, -0.2) is 0 Å². The summed E-state index contributed by atoms with van der Waals surface area (Å²) in [5, 5.41) is 0. The van der Waals surface area contributed by atoms with E-state index < -0.39 is 0 Å². The lowest BCUT2D eigenvalue weighted by atomic mass is 9.98. The van der Waals surface area contributed by atoms with Crippen molar-refractivity contribution in [1.29, 1.82) is 0 Å². The number of ether oxygens (including phenoxy) is 3. The van der Waals surface area contributed by atoms with Crippen LogP contribution in [0.1, 0.15) is 33.5 Å². The molecule has 2 aromatic carbocycles. The molecular formula is C25H28N2O4. The Morgan fingerprint density at radius 1 is 1.06 bits per heavy atom. The van der Waals surface area contributed by atoms with Gasteiger partial charge in [0.2, 0.25) is 5.78 Å². The number of rotatable bonds is 5. The van der Waals surface area contributed by atoms with Crippen LogP contribution in [0.2, 0.25) is 0 Å². The number of benzene rings is 2. The van der Waals surface area contributed by atoms with Gasteiger partial charge in [0.25, 0.3) is 0 Å². The number of allylic oxidation sites excluding steroid dienone is 1. The number of ketones is 1. The zero-order valence-corrected chi connectivity index (χ0v) is 17.9. The number of morpholine rings is 1. The SMILES string of the molecule is Cc1cc2c(c3c1C(=O)/C(=C/c1ccccc1)O3)CN(CCCN1CCOCC1)CO2. The molecule has 5 rings (SSSR count). The molecule has 0 spiro atoms. The monoisotopic (exact) mass is 420 g/mol. The van der Waals surface area contributed by atoms with E-state index in [1.807, 2.05) is 49.4 Å². The van der Waals surface area contributed by atoms with E-state index in [2.05, 4.69) is 9.80 Å². The molecule has 0 amide bonds. The number of carbonyl (C=O) groups excluding carboxylic acids is 1. The molecule has 3 aliphatic rings. The Labute approximate surface area is 183 Å². The van der Waals surface area contributed by atoms with Crippen molar-refractivity contribution in [2.45, 2.75) is 19.9 Å². The lowest BCUT2D eigenvalue weighted by Crippen LogP contribution is -2.39. The van der Waals surface area contributed by atoms with Gasteiger partial charge in [0.1, 0.15) is 18.2 Å². The number of Topliss-reactive ketones (excluding diaryl/α,β-unsaturated/α-hetero) is 1. The topological polar surface area (TPSA) is 51.2 Å². The smallest absolute Gasteiger partial charge is 0.232 e. The molecule has 1 saturated heterocycles. The van der Waals surface area contributed by atoms with E-state index in [-0.39, 0.29) is 5.78 Å². The van der Waals surface area contributed by atoms with Gasteiger partial charge in [0.15, 0.2) is 5.76 Å². The van der Waals surface area contributed by atoms with E-state index in [0.717, 1.165) is 74.8 Å². The molecule has 6 nitrogen and oxygen atoms in total. The van der Waals surface area contributed by atoms with Crippen molar-refractivity contribution in [3.05, 3.63) is 64.4 Å². The van der Waals surface area contributed by atoms with E-state index in [9.17, 15) is 4.79 Å². The molecule has 0 N–H and O–H groups in total. The number of aryl methyl sites for hydroxylation is 1. The molecule has 0 atom stereocenters. The van der Waals surface area contributed by atoms with Crippen molar-refractivity contribution in [3.8, 4) is 11.5 Å². The van der Waals surface area contributed by atoms with Crippen molar-refractivity contribution in [2.24, 2.45) is 0 Å². The number of carbonyl (C=O) groups is 1. The van der Waals surface area contributed by atoms with Crippen LogP contribution in [0.4, 0.5) is 0 Å². The first-order chi connectivity index (χ1) is 15.2. The maximum atomic E-state index is 13.1. The molecule has 31 heavy (non-hydrogen) atoms. The maximum absolute atomic E-state index is 13.1. The quantitative estimate of drug-likeness (QED) is 0.691. The Morgan fingerprint density at radius 2 is 1.84 bits per heavy atom. The van der Waals surface area contributed by atoms with Gasteiger partial charge >= 0.3 is 0 Å². The molecule has 162 valence electrons. The van der Waals surface area contributed by atoms with Crippen LogP contribution in [0.15, 0.2) is 42.2 Å². The highest BCUT2D eigenvalue weighted by atomic mass is 16.5. The minimum Gasteiger partial charge on any atom is -0.478 e. The van der Waals surface area contributed by atoms with Crippen molar-refractivity contribution in [2.75, 3.05) is 46.1 Å². The number of nitrogens with zero attached hydrogens (tertiary/aromatic N) is 2. The fraction of sp³-hybridized carbons (Fsp3) is 0.400. The fourth-order valence-electron chi connectivity index (χ4n) is 4.46. The third-order valence-electron chi connectivity index (χ3n) is 6.14. The summed E-state index contributed by atoms with van der Waals surface area (Å²) >= 11 is 0. The predicted molar refractivity (Wildman–Crippen MR) is 118 cm³/mol. The summed E-state index contributed by atoms with van der Waals surface area (Å²) in [5.74, 6) is 1.82. The highest BCUT2D eigenvalue weighted by Crippen LogP contribution is 2.44. The summed E-state index contributed by atoms with van der Waals surface area (Å²) in [6, 6.07) is 11.8. The summed E-state index contributed by atoms with van der Waals surface area (Å²) in [6.07, 6.45) is 2.89. The second-order valence-electron chi connectivity index (χ2n) is 8.36. The van der Waals surface area contributed by atoms with E-state index in [1.54, 1.807) is 0 Å². The van der Waals surface area contributed by atoms with Crippen LogP contribution in [0.25, 0.3) is 6.08 Å². The van der Waals surface area contributed by atoms with Crippen molar-refractivity contribution >= 4 is 11.9 Å². The minimum atomic E-state index is -0.0522. The number of hydrogen-bond acceptors (Lipinski definition) is 6. The van der Waals surface area contributed by atoms with Crippen LogP contribution in [-0.2, 0) is 11.3 Å². The fourth-order valence-corrected chi connectivity index (χ4v) is 4.46. The van der Waals surface area contributed by atoms with Gasteiger partial charge in [-0.1, -0.05) is 30.3 Å². The molecule has 0 bridgehead atoms. The maximum Gasteiger partial charge on any atom is 0.232 e. The molecule has 0 saturated carbocycles. The molecule has 0 aliphatic carbocycles. The van der Waals surface area contributed by atoms with E-state index in [4.69, 9.17) is 14.2 Å². The largest absolute Gasteiger partial charge is 0.478 e. The summed E-state index contributed by atoms with van der Waals surface area (Å²) in [5.41, 5.74) is 3.49. The first-order valence-corrected chi connectivity index (χ1v) is 11.0. The summed E-state index contributed by atoms with van der Waals surface area (Å²) in [4.78, 5) is 17.8.